The van der Waals surface area contributed by atoms with E-state index in [1.165, 1.54) is 42.0 Å². The monoisotopic (exact) mass is 460 g/mol. The molecule has 0 aromatic carbocycles. The maximum absolute atomic E-state index is 12.9. The molecule has 0 bridgehead atoms. The molecular weight excluding hydrogens is 444 g/mol. The van der Waals surface area contributed by atoms with Crippen molar-refractivity contribution in [1.82, 2.24) is 10.2 Å². The standard InChI is InChI=1S/C16H16N2O6S4/c1-24-16(17-12(19)11(28-23)9-4-3-5-26-9)14(22)18-10(13(20)21)8(6-25-2)7-27-15(16)18/h3-5,15H,6-7H2,1-2H3,(H,17,19)(H,20,21)/t15-,16+/m1/s1. The van der Waals surface area contributed by atoms with Crippen LogP contribution < -0.4 is 5.32 Å². The molecule has 2 aliphatic heterocycles. The molecule has 2 atom stereocenters. The second-order valence-electron chi connectivity index (χ2n) is 5.81. The molecule has 2 aliphatic rings. The highest BCUT2D eigenvalue weighted by Gasteiger charge is 2.66. The molecule has 0 aliphatic carbocycles. The molecular formula is C16H16N2O6S4. The lowest BCUT2D eigenvalue weighted by Crippen LogP contribution is -2.81. The average molecular weight is 461 g/mol. The van der Waals surface area contributed by atoms with E-state index in [0.29, 0.717) is 22.0 Å². The number of methoxy groups -OCH3 is 1. The number of thiophene rings is 1. The van der Waals surface area contributed by atoms with E-state index in [1.54, 1.807) is 17.5 Å². The first-order valence-electron chi connectivity index (χ1n) is 7.89. The zero-order valence-corrected chi connectivity index (χ0v) is 18.1. The first-order valence-corrected chi connectivity index (χ1v) is 12.0. The van der Waals surface area contributed by atoms with Gasteiger partial charge in [0.25, 0.3) is 17.5 Å². The summed E-state index contributed by atoms with van der Waals surface area (Å²) in [5.41, 5.74) is -1.14. The van der Waals surface area contributed by atoms with E-state index in [-0.39, 0.29) is 21.8 Å². The largest absolute Gasteiger partial charge is 0.477 e. The number of aliphatic carboxylic acids is 1. The van der Waals surface area contributed by atoms with Crippen LogP contribution in [0.2, 0.25) is 0 Å². The van der Waals surface area contributed by atoms with Gasteiger partial charge in [0, 0.05) is 18.6 Å². The van der Waals surface area contributed by atoms with Crippen molar-refractivity contribution in [3.63, 3.8) is 0 Å². The van der Waals surface area contributed by atoms with Crippen molar-refractivity contribution in [2.24, 2.45) is 0 Å². The van der Waals surface area contributed by atoms with Crippen molar-refractivity contribution in [2.75, 3.05) is 24.9 Å². The first-order chi connectivity index (χ1) is 13.4. The summed E-state index contributed by atoms with van der Waals surface area (Å²) >= 11 is 4.05. The molecule has 12 heteroatoms. The number of carbonyl (C=O) groups is 3. The lowest BCUT2D eigenvalue weighted by atomic mass is 9.98. The summed E-state index contributed by atoms with van der Waals surface area (Å²) in [6, 6.07) is 3.34. The number of nitrogens with zero attached hydrogens (tertiary/aromatic N) is 1. The summed E-state index contributed by atoms with van der Waals surface area (Å²) in [6.45, 7) is 0. The van der Waals surface area contributed by atoms with Gasteiger partial charge in [-0.3, -0.25) is 14.5 Å². The number of ether oxygens (including phenoxy) is 1. The molecule has 3 rings (SSSR count). The second kappa shape index (κ2) is 8.41. The number of hydrogen-bond donors (Lipinski definition) is 2. The van der Waals surface area contributed by atoms with Gasteiger partial charge in [-0.05, 0) is 23.3 Å². The summed E-state index contributed by atoms with van der Waals surface area (Å²) in [6.07, 6.45) is 1.85. The minimum Gasteiger partial charge on any atom is -0.477 e. The Morgan fingerprint density at radius 1 is 1.50 bits per heavy atom. The van der Waals surface area contributed by atoms with E-state index >= 15 is 0 Å². The number of thioether (sulfide) groups is 2. The minimum absolute atomic E-state index is 0.0361. The maximum Gasteiger partial charge on any atom is 0.352 e. The molecule has 1 fully saturated rings. The summed E-state index contributed by atoms with van der Waals surface area (Å²) in [5.74, 6) is -1.71. The van der Waals surface area contributed by atoms with Crippen LogP contribution in [-0.2, 0) is 30.4 Å². The van der Waals surface area contributed by atoms with Crippen molar-refractivity contribution in [3.8, 4) is 0 Å². The Morgan fingerprint density at radius 3 is 2.79 bits per heavy atom. The molecule has 1 aromatic rings. The van der Waals surface area contributed by atoms with Gasteiger partial charge in [0.05, 0.1) is 4.88 Å². The van der Waals surface area contributed by atoms with Crippen LogP contribution in [0.5, 0.6) is 0 Å². The van der Waals surface area contributed by atoms with Crippen molar-refractivity contribution in [2.45, 2.75) is 11.1 Å². The van der Waals surface area contributed by atoms with Crippen molar-refractivity contribution < 1.29 is 28.4 Å². The van der Waals surface area contributed by atoms with E-state index in [1.807, 2.05) is 6.26 Å². The lowest BCUT2D eigenvalue weighted by molar-refractivity contribution is -0.191. The van der Waals surface area contributed by atoms with Gasteiger partial charge in [-0.1, -0.05) is 6.07 Å². The number of β-lactam (4-membered cyclic amide) rings is 1. The fourth-order valence-corrected chi connectivity index (χ4v) is 6.39. The SMILES string of the molecule is CO[C@@]1(NC(=O)C(=S=O)c2cccs2)C(=O)N2C(C(=O)O)=C(CSC)CS[C@@H]21. The van der Waals surface area contributed by atoms with Crippen LogP contribution in [0.4, 0.5) is 0 Å². The Bertz CT molecular complexity index is 908. The van der Waals surface area contributed by atoms with Gasteiger partial charge >= 0.3 is 5.97 Å². The first kappa shape index (κ1) is 21.1. The molecule has 2 amide bonds. The maximum atomic E-state index is 12.9. The number of fused-ring (bicyclic) bond motifs is 1. The third-order valence-electron chi connectivity index (χ3n) is 4.29. The number of carboxylic acid groups (broad SMARTS) is 1. The van der Waals surface area contributed by atoms with Crippen molar-refractivity contribution >= 4 is 68.8 Å². The molecule has 0 unspecified atom stereocenters. The fraction of sp³-hybridized carbons (Fsp3) is 0.375. The molecule has 0 spiro atoms. The van der Waals surface area contributed by atoms with Gasteiger partial charge in [0.15, 0.2) is 0 Å². The molecule has 28 heavy (non-hydrogen) atoms. The molecule has 0 radical (unpaired) electrons. The summed E-state index contributed by atoms with van der Waals surface area (Å²) in [4.78, 5) is 38.9. The van der Waals surface area contributed by atoms with Crippen LogP contribution in [0.25, 0.3) is 0 Å². The van der Waals surface area contributed by atoms with E-state index in [9.17, 15) is 23.7 Å². The molecule has 150 valence electrons. The van der Waals surface area contributed by atoms with E-state index in [0.717, 1.165) is 4.90 Å². The molecule has 8 nitrogen and oxygen atoms in total. The molecule has 1 saturated heterocycles. The van der Waals surface area contributed by atoms with Gasteiger partial charge in [0.2, 0.25) is 0 Å². The van der Waals surface area contributed by atoms with E-state index in [4.69, 9.17) is 4.74 Å². The van der Waals surface area contributed by atoms with Crippen LogP contribution in [-0.4, -0.2) is 72.8 Å². The smallest absolute Gasteiger partial charge is 0.352 e. The summed E-state index contributed by atoms with van der Waals surface area (Å²) < 4.78 is 16.8. The lowest BCUT2D eigenvalue weighted by Gasteiger charge is -2.55. The predicted molar refractivity (Wildman–Crippen MR) is 111 cm³/mol. The Morgan fingerprint density at radius 2 is 2.25 bits per heavy atom. The number of rotatable bonds is 7. The number of amides is 2. The number of nitrogens with one attached hydrogen (secondary N) is 1. The fourth-order valence-electron chi connectivity index (χ4n) is 3.05. The highest BCUT2D eigenvalue weighted by atomic mass is 32.2. The molecule has 2 N–H and O–H groups in total. The highest BCUT2D eigenvalue weighted by molar-refractivity contribution is 8.00. The molecule has 0 saturated carbocycles. The average Bonchev–Trinajstić information content (AvgIpc) is 3.20. The summed E-state index contributed by atoms with van der Waals surface area (Å²) in [5, 5.41) is 13.1. The molecule has 1 aromatic heterocycles. The Hall–Kier alpha value is -1.60. The van der Waals surface area contributed by atoms with Gasteiger partial charge in [-0.15, -0.1) is 23.1 Å². The van der Waals surface area contributed by atoms with Gasteiger partial charge in [-0.2, -0.15) is 11.8 Å². The summed E-state index contributed by atoms with van der Waals surface area (Å²) in [7, 11) is 1.27. The Labute approximate surface area is 176 Å². The van der Waals surface area contributed by atoms with Crippen LogP contribution in [0.3, 0.4) is 0 Å². The van der Waals surface area contributed by atoms with Crippen molar-refractivity contribution in [3.05, 3.63) is 33.7 Å². The highest BCUT2D eigenvalue weighted by Crippen LogP contribution is 2.46. The van der Waals surface area contributed by atoms with Gasteiger partial charge in [0.1, 0.15) is 27.2 Å². The quantitative estimate of drug-likeness (QED) is 0.263. The number of carbonyl (C=O) groups excluding carboxylic acids is 2. The number of hydrogen-bond acceptors (Lipinski definition) is 8. The van der Waals surface area contributed by atoms with Crippen LogP contribution in [0.15, 0.2) is 28.8 Å². The topological polar surface area (TPSA) is 113 Å². The van der Waals surface area contributed by atoms with E-state index < -0.39 is 28.9 Å². The van der Waals surface area contributed by atoms with Gasteiger partial charge < -0.3 is 15.2 Å². The molecule has 3 heterocycles. The minimum atomic E-state index is -1.72. The van der Waals surface area contributed by atoms with Crippen LogP contribution in [0.1, 0.15) is 4.88 Å². The third kappa shape index (κ3) is 3.32. The van der Waals surface area contributed by atoms with Crippen LogP contribution in [0, 0.1) is 0 Å². The van der Waals surface area contributed by atoms with Crippen molar-refractivity contribution in [1.29, 1.82) is 0 Å². The normalized spacial score (nSPS) is 23.7. The predicted octanol–water partition coefficient (Wildman–Crippen LogP) is 0.557. The second-order valence-corrected chi connectivity index (χ2v) is 9.27. The van der Waals surface area contributed by atoms with E-state index in [2.05, 4.69) is 5.32 Å². The Balaban J connectivity index is 1.90. The zero-order valence-electron chi connectivity index (χ0n) is 14.8. The zero-order chi connectivity index (χ0) is 20.5. The number of carboxylic acids is 1. The Kier molecular flexibility index (Phi) is 6.34. The van der Waals surface area contributed by atoms with Crippen LogP contribution >= 0.6 is 34.9 Å². The third-order valence-corrected chi connectivity index (χ3v) is 7.89. The van der Waals surface area contributed by atoms with Gasteiger partial charge in [-0.25, -0.2) is 9.00 Å².